The summed E-state index contributed by atoms with van der Waals surface area (Å²) in [6.45, 7) is 0. The fraction of sp³-hybridized carbons (Fsp3) is 0.316. The van der Waals surface area contributed by atoms with Gasteiger partial charge in [-0.3, -0.25) is 0 Å². The number of aliphatic hydroxyl groups is 1. The molecule has 1 aliphatic rings. The standard InChI is InChI=1S/C19H18ClFN4O2/c20-10-8-15(27)17(22-9-10)18-16-11(4-3-5-12(16)21)19(25-24-18)23-13-6-1-2-7-14(13)26/h3-5,8-9,13-14,26-27H,1-2,6-7H2,(H,23,25). The maximum absolute atomic E-state index is 14.7. The van der Waals surface area contributed by atoms with Crippen LogP contribution in [-0.2, 0) is 0 Å². The topological polar surface area (TPSA) is 91.2 Å². The monoisotopic (exact) mass is 388 g/mol. The Labute approximate surface area is 160 Å². The number of anilines is 1. The molecule has 0 bridgehead atoms. The third-order valence-electron chi connectivity index (χ3n) is 4.87. The Kier molecular flexibility index (Phi) is 4.80. The molecule has 0 spiro atoms. The van der Waals surface area contributed by atoms with Gasteiger partial charge < -0.3 is 15.5 Å². The fourth-order valence-corrected chi connectivity index (χ4v) is 3.66. The van der Waals surface area contributed by atoms with Crippen LogP contribution >= 0.6 is 11.6 Å². The second kappa shape index (κ2) is 7.25. The molecule has 27 heavy (non-hydrogen) atoms. The molecule has 3 aromatic rings. The van der Waals surface area contributed by atoms with Gasteiger partial charge in [-0.25, -0.2) is 9.37 Å². The number of pyridine rings is 1. The Bertz CT molecular complexity index is 1000. The molecule has 6 nitrogen and oxygen atoms in total. The van der Waals surface area contributed by atoms with Crippen molar-refractivity contribution in [2.45, 2.75) is 37.8 Å². The molecule has 1 aromatic carbocycles. The van der Waals surface area contributed by atoms with Crippen molar-refractivity contribution in [1.29, 1.82) is 0 Å². The third-order valence-corrected chi connectivity index (χ3v) is 5.07. The fourth-order valence-electron chi connectivity index (χ4n) is 3.50. The zero-order chi connectivity index (χ0) is 19.0. The van der Waals surface area contributed by atoms with E-state index in [1.54, 1.807) is 12.1 Å². The summed E-state index contributed by atoms with van der Waals surface area (Å²) in [5, 5.41) is 32.9. The highest BCUT2D eigenvalue weighted by Gasteiger charge is 2.25. The second-order valence-corrected chi connectivity index (χ2v) is 7.12. The van der Waals surface area contributed by atoms with Crippen molar-refractivity contribution >= 4 is 28.2 Å². The van der Waals surface area contributed by atoms with E-state index in [-0.39, 0.29) is 33.6 Å². The molecule has 0 saturated heterocycles. The maximum Gasteiger partial charge on any atom is 0.157 e. The van der Waals surface area contributed by atoms with E-state index in [1.807, 2.05) is 0 Å². The summed E-state index contributed by atoms with van der Waals surface area (Å²) in [6, 6.07) is 5.79. The van der Waals surface area contributed by atoms with E-state index in [2.05, 4.69) is 20.5 Å². The van der Waals surface area contributed by atoms with E-state index in [1.165, 1.54) is 18.3 Å². The number of benzene rings is 1. The van der Waals surface area contributed by atoms with Crippen LogP contribution in [0.15, 0.2) is 30.5 Å². The van der Waals surface area contributed by atoms with Crippen LogP contribution in [0.1, 0.15) is 25.7 Å². The average molecular weight is 389 g/mol. The first-order valence-electron chi connectivity index (χ1n) is 8.79. The van der Waals surface area contributed by atoms with Gasteiger partial charge in [0.15, 0.2) is 5.82 Å². The third kappa shape index (κ3) is 3.40. The van der Waals surface area contributed by atoms with Crippen LogP contribution in [0, 0.1) is 5.82 Å². The van der Waals surface area contributed by atoms with Crippen LogP contribution < -0.4 is 5.32 Å². The number of aromatic nitrogens is 3. The lowest BCUT2D eigenvalue weighted by atomic mass is 9.92. The number of nitrogens with one attached hydrogen (secondary N) is 1. The lowest BCUT2D eigenvalue weighted by Gasteiger charge is -2.29. The summed E-state index contributed by atoms with van der Waals surface area (Å²) < 4.78 is 14.7. The van der Waals surface area contributed by atoms with Crippen LogP contribution in [0.3, 0.4) is 0 Å². The molecule has 140 valence electrons. The number of halogens is 2. The molecule has 3 N–H and O–H groups in total. The van der Waals surface area contributed by atoms with E-state index >= 15 is 0 Å². The highest BCUT2D eigenvalue weighted by atomic mass is 35.5. The van der Waals surface area contributed by atoms with Gasteiger partial charge in [-0.1, -0.05) is 36.6 Å². The van der Waals surface area contributed by atoms with Gasteiger partial charge in [-0.05, 0) is 18.9 Å². The molecule has 2 aromatic heterocycles. The second-order valence-electron chi connectivity index (χ2n) is 6.68. The van der Waals surface area contributed by atoms with Gasteiger partial charge in [-0.2, -0.15) is 0 Å². The molecule has 0 amide bonds. The largest absolute Gasteiger partial charge is 0.506 e. The van der Waals surface area contributed by atoms with E-state index in [9.17, 15) is 14.6 Å². The number of nitrogens with zero attached hydrogens (tertiary/aromatic N) is 3. The number of aliphatic hydroxyl groups excluding tert-OH is 1. The van der Waals surface area contributed by atoms with Gasteiger partial charge in [0.05, 0.1) is 22.6 Å². The normalized spacial score (nSPS) is 20.0. The molecule has 8 heteroatoms. The Morgan fingerprint density at radius 2 is 1.96 bits per heavy atom. The number of rotatable bonds is 3. The van der Waals surface area contributed by atoms with E-state index in [4.69, 9.17) is 11.6 Å². The van der Waals surface area contributed by atoms with Gasteiger partial charge in [0.25, 0.3) is 0 Å². The smallest absolute Gasteiger partial charge is 0.157 e. The highest BCUT2D eigenvalue weighted by molar-refractivity contribution is 6.30. The minimum absolute atomic E-state index is 0.103. The lowest BCUT2D eigenvalue weighted by Crippen LogP contribution is -2.36. The van der Waals surface area contributed by atoms with Crippen LogP contribution in [0.2, 0.25) is 5.02 Å². The molecule has 1 saturated carbocycles. The Morgan fingerprint density at radius 3 is 2.74 bits per heavy atom. The van der Waals surface area contributed by atoms with Crippen LogP contribution in [0.4, 0.5) is 10.2 Å². The lowest BCUT2D eigenvalue weighted by molar-refractivity contribution is 0.116. The Morgan fingerprint density at radius 1 is 1.15 bits per heavy atom. The predicted octanol–water partition coefficient (Wildman–Crippen LogP) is 3.91. The maximum atomic E-state index is 14.7. The molecule has 1 fully saturated rings. The predicted molar refractivity (Wildman–Crippen MR) is 101 cm³/mol. The van der Waals surface area contributed by atoms with Crippen molar-refractivity contribution < 1.29 is 14.6 Å². The number of hydrogen-bond acceptors (Lipinski definition) is 6. The van der Waals surface area contributed by atoms with Crippen LogP contribution in [0.5, 0.6) is 5.75 Å². The first-order valence-corrected chi connectivity index (χ1v) is 9.17. The minimum atomic E-state index is -0.499. The van der Waals surface area contributed by atoms with Gasteiger partial charge >= 0.3 is 0 Å². The number of fused-ring (bicyclic) bond motifs is 1. The summed E-state index contributed by atoms with van der Waals surface area (Å²) in [5.41, 5.74) is 0.235. The van der Waals surface area contributed by atoms with Crippen molar-refractivity contribution in [3.8, 4) is 17.1 Å². The number of aromatic hydroxyl groups is 1. The first-order chi connectivity index (χ1) is 13.0. The SMILES string of the molecule is Oc1cc(Cl)cnc1-c1nnc(NC2CCCCC2O)c2cccc(F)c12. The first kappa shape index (κ1) is 17.9. The zero-order valence-corrected chi connectivity index (χ0v) is 15.1. The van der Waals surface area contributed by atoms with Crippen LogP contribution in [-0.4, -0.2) is 37.5 Å². The molecular weight excluding hydrogens is 371 g/mol. The van der Waals surface area contributed by atoms with E-state index in [0.29, 0.717) is 11.2 Å². The molecule has 2 atom stereocenters. The summed E-state index contributed by atoms with van der Waals surface area (Å²) in [4.78, 5) is 4.09. The van der Waals surface area contributed by atoms with Crippen molar-refractivity contribution in [3.63, 3.8) is 0 Å². The average Bonchev–Trinajstić information content (AvgIpc) is 2.65. The van der Waals surface area contributed by atoms with Crippen molar-refractivity contribution in [3.05, 3.63) is 41.3 Å². The van der Waals surface area contributed by atoms with Crippen molar-refractivity contribution in [2.24, 2.45) is 0 Å². The highest BCUT2D eigenvalue weighted by Crippen LogP contribution is 2.36. The molecule has 1 aliphatic carbocycles. The van der Waals surface area contributed by atoms with Crippen molar-refractivity contribution in [1.82, 2.24) is 15.2 Å². The zero-order valence-electron chi connectivity index (χ0n) is 14.4. The Hall–Kier alpha value is -2.51. The molecule has 2 unspecified atom stereocenters. The Balaban J connectivity index is 1.84. The summed E-state index contributed by atoms with van der Waals surface area (Å²) in [5.74, 6) is -0.307. The summed E-state index contributed by atoms with van der Waals surface area (Å²) in [7, 11) is 0. The summed E-state index contributed by atoms with van der Waals surface area (Å²) >= 11 is 5.83. The van der Waals surface area contributed by atoms with Crippen molar-refractivity contribution in [2.75, 3.05) is 5.32 Å². The summed E-state index contributed by atoms with van der Waals surface area (Å²) in [6.07, 6.45) is 4.40. The van der Waals surface area contributed by atoms with Gasteiger partial charge in [0, 0.05) is 17.6 Å². The molecule has 4 rings (SSSR count). The molecule has 2 heterocycles. The van der Waals surface area contributed by atoms with Gasteiger partial charge in [0.1, 0.15) is 23.0 Å². The van der Waals surface area contributed by atoms with Crippen LogP contribution in [0.25, 0.3) is 22.2 Å². The molecule has 0 aliphatic heterocycles. The van der Waals surface area contributed by atoms with Gasteiger partial charge in [0.2, 0.25) is 0 Å². The molecular formula is C19H18ClFN4O2. The van der Waals surface area contributed by atoms with Gasteiger partial charge in [-0.15, -0.1) is 10.2 Å². The van der Waals surface area contributed by atoms with E-state index in [0.717, 1.165) is 25.7 Å². The number of hydrogen-bond donors (Lipinski definition) is 3. The van der Waals surface area contributed by atoms with E-state index < -0.39 is 11.9 Å². The minimum Gasteiger partial charge on any atom is -0.506 e. The quantitative estimate of drug-likeness (QED) is 0.630. The molecule has 0 radical (unpaired) electrons.